The summed E-state index contributed by atoms with van der Waals surface area (Å²) < 4.78 is 5.31. The summed E-state index contributed by atoms with van der Waals surface area (Å²) in [5, 5.41) is 9.42. The number of carboxylic acids is 1. The van der Waals surface area contributed by atoms with E-state index in [1.807, 2.05) is 0 Å². The monoisotopic (exact) mass is 241 g/mol. The standard InChI is InChI=1S/C13H23NO3/c1-10-5-11(2)7-14(6-10)8-13(12(15)16)3-4-17-9-13/h10-11H,3-9H2,1-2H3,(H,15,16). The first-order valence-corrected chi connectivity index (χ1v) is 6.55. The highest BCUT2D eigenvalue weighted by Crippen LogP contribution is 2.32. The quantitative estimate of drug-likeness (QED) is 0.812. The lowest BCUT2D eigenvalue weighted by Gasteiger charge is -2.38. The molecule has 3 atom stereocenters. The van der Waals surface area contributed by atoms with Gasteiger partial charge in [-0.15, -0.1) is 0 Å². The predicted octanol–water partition coefficient (Wildman–Crippen LogP) is 1.46. The Morgan fingerprint density at radius 3 is 2.53 bits per heavy atom. The van der Waals surface area contributed by atoms with Gasteiger partial charge >= 0.3 is 5.97 Å². The molecule has 0 aromatic carbocycles. The topological polar surface area (TPSA) is 49.8 Å². The Morgan fingerprint density at radius 2 is 2.06 bits per heavy atom. The molecule has 4 nitrogen and oxygen atoms in total. The molecule has 0 aliphatic carbocycles. The molecular formula is C13H23NO3. The van der Waals surface area contributed by atoms with Gasteiger partial charge in [-0.25, -0.2) is 0 Å². The summed E-state index contributed by atoms with van der Waals surface area (Å²) in [6.45, 7) is 8.17. The molecule has 2 aliphatic heterocycles. The molecule has 0 amide bonds. The van der Waals surface area contributed by atoms with Gasteiger partial charge < -0.3 is 14.7 Å². The molecular weight excluding hydrogens is 218 g/mol. The van der Waals surface area contributed by atoms with Gasteiger partial charge in [0, 0.05) is 26.2 Å². The Bertz CT molecular complexity index is 276. The summed E-state index contributed by atoms with van der Waals surface area (Å²) in [6.07, 6.45) is 1.91. The summed E-state index contributed by atoms with van der Waals surface area (Å²) >= 11 is 0. The average Bonchev–Trinajstić information content (AvgIpc) is 2.65. The molecule has 0 saturated carbocycles. The van der Waals surface area contributed by atoms with E-state index in [0.29, 0.717) is 38.0 Å². The number of aliphatic carboxylic acids is 1. The summed E-state index contributed by atoms with van der Waals surface area (Å²) in [6, 6.07) is 0. The molecule has 4 heteroatoms. The minimum Gasteiger partial charge on any atom is -0.481 e. The van der Waals surface area contributed by atoms with Crippen LogP contribution < -0.4 is 0 Å². The highest BCUT2D eigenvalue weighted by Gasteiger charge is 2.44. The maximum Gasteiger partial charge on any atom is 0.313 e. The highest BCUT2D eigenvalue weighted by atomic mass is 16.5. The highest BCUT2D eigenvalue weighted by molar-refractivity contribution is 5.75. The molecule has 98 valence electrons. The Balaban J connectivity index is 2.00. The number of hydrogen-bond donors (Lipinski definition) is 1. The third-order valence-corrected chi connectivity index (χ3v) is 4.03. The van der Waals surface area contributed by atoms with E-state index in [4.69, 9.17) is 4.74 Å². The molecule has 2 heterocycles. The van der Waals surface area contributed by atoms with Crippen molar-refractivity contribution in [2.75, 3.05) is 32.8 Å². The Morgan fingerprint density at radius 1 is 1.41 bits per heavy atom. The maximum atomic E-state index is 11.5. The fourth-order valence-electron chi connectivity index (χ4n) is 3.32. The van der Waals surface area contributed by atoms with Crippen molar-refractivity contribution < 1.29 is 14.6 Å². The summed E-state index contributed by atoms with van der Waals surface area (Å²) in [4.78, 5) is 13.8. The predicted molar refractivity (Wildman–Crippen MR) is 64.9 cm³/mol. The molecule has 3 unspecified atom stereocenters. The van der Waals surface area contributed by atoms with Gasteiger partial charge in [0.1, 0.15) is 5.41 Å². The third-order valence-electron chi connectivity index (χ3n) is 4.03. The van der Waals surface area contributed by atoms with Gasteiger partial charge in [-0.3, -0.25) is 4.79 Å². The van der Waals surface area contributed by atoms with E-state index in [0.717, 1.165) is 13.1 Å². The van der Waals surface area contributed by atoms with E-state index in [1.165, 1.54) is 6.42 Å². The molecule has 2 aliphatic rings. The van der Waals surface area contributed by atoms with E-state index in [1.54, 1.807) is 0 Å². The molecule has 1 N–H and O–H groups in total. The van der Waals surface area contributed by atoms with Crippen LogP contribution in [0.3, 0.4) is 0 Å². The number of piperidine rings is 1. The average molecular weight is 241 g/mol. The normalized spacial score (nSPS) is 39.4. The molecule has 0 bridgehead atoms. The summed E-state index contributed by atoms with van der Waals surface area (Å²) in [7, 11) is 0. The van der Waals surface area contributed by atoms with Gasteiger partial charge in [-0.1, -0.05) is 13.8 Å². The van der Waals surface area contributed by atoms with Crippen LogP contribution in [0.25, 0.3) is 0 Å². The molecule has 0 aromatic heterocycles. The van der Waals surface area contributed by atoms with Crippen LogP contribution in [0.2, 0.25) is 0 Å². The van der Waals surface area contributed by atoms with Gasteiger partial charge in [-0.2, -0.15) is 0 Å². The first-order chi connectivity index (χ1) is 8.02. The second-order valence-electron chi connectivity index (χ2n) is 6.03. The van der Waals surface area contributed by atoms with Crippen LogP contribution in [0.1, 0.15) is 26.7 Å². The fraction of sp³-hybridized carbons (Fsp3) is 0.923. The Hall–Kier alpha value is -0.610. The molecule has 2 fully saturated rings. The van der Waals surface area contributed by atoms with Crippen molar-refractivity contribution in [3.05, 3.63) is 0 Å². The third kappa shape index (κ3) is 2.80. The Kier molecular flexibility index (Phi) is 3.73. The first-order valence-electron chi connectivity index (χ1n) is 6.55. The SMILES string of the molecule is CC1CC(C)CN(CC2(C(=O)O)CCOC2)C1. The van der Waals surface area contributed by atoms with Gasteiger partial charge in [0.25, 0.3) is 0 Å². The minimum absolute atomic E-state index is 0.377. The lowest BCUT2D eigenvalue weighted by atomic mass is 9.84. The zero-order valence-corrected chi connectivity index (χ0v) is 10.8. The second-order valence-corrected chi connectivity index (χ2v) is 6.03. The number of likely N-dealkylation sites (tertiary alicyclic amines) is 1. The van der Waals surface area contributed by atoms with Crippen molar-refractivity contribution in [3.63, 3.8) is 0 Å². The molecule has 0 radical (unpaired) electrons. The zero-order chi connectivity index (χ0) is 12.5. The lowest BCUT2D eigenvalue weighted by molar-refractivity contribution is -0.150. The lowest BCUT2D eigenvalue weighted by Crippen LogP contribution is -2.48. The molecule has 2 saturated heterocycles. The second kappa shape index (κ2) is 4.94. The molecule has 0 aromatic rings. The van der Waals surface area contributed by atoms with Gasteiger partial charge in [-0.05, 0) is 24.7 Å². The first kappa shape index (κ1) is 12.8. The van der Waals surface area contributed by atoms with Gasteiger partial charge in [0.2, 0.25) is 0 Å². The smallest absolute Gasteiger partial charge is 0.313 e. The van der Waals surface area contributed by atoms with Crippen molar-refractivity contribution >= 4 is 5.97 Å². The number of hydrogen-bond acceptors (Lipinski definition) is 3. The van der Waals surface area contributed by atoms with E-state index < -0.39 is 11.4 Å². The van der Waals surface area contributed by atoms with Crippen LogP contribution in [0.5, 0.6) is 0 Å². The zero-order valence-electron chi connectivity index (χ0n) is 10.8. The van der Waals surface area contributed by atoms with Crippen molar-refractivity contribution in [2.24, 2.45) is 17.3 Å². The van der Waals surface area contributed by atoms with Crippen LogP contribution in [0.4, 0.5) is 0 Å². The number of rotatable bonds is 3. The van der Waals surface area contributed by atoms with Crippen LogP contribution in [-0.4, -0.2) is 48.8 Å². The van der Waals surface area contributed by atoms with Crippen molar-refractivity contribution in [1.29, 1.82) is 0 Å². The van der Waals surface area contributed by atoms with Crippen LogP contribution >= 0.6 is 0 Å². The maximum absolute atomic E-state index is 11.5. The minimum atomic E-state index is -0.694. The fourth-order valence-corrected chi connectivity index (χ4v) is 3.32. The molecule has 17 heavy (non-hydrogen) atoms. The van der Waals surface area contributed by atoms with Crippen molar-refractivity contribution in [1.82, 2.24) is 4.90 Å². The van der Waals surface area contributed by atoms with Crippen LogP contribution in [0, 0.1) is 17.3 Å². The number of carboxylic acid groups (broad SMARTS) is 1. The van der Waals surface area contributed by atoms with Crippen LogP contribution in [0.15, 0.2) is 0 Å². The largest absolute Gasteiger partial charge is 0.481 e. The molecule has 2 rings (SSSR count). The van der Waals surface area contributed by atoms with E-state index >= 15 is 0 Å². The number of nitrogens with zero attached hydrogens (tertiary/aromatic N) is 1. The van der Waals surface area contributed by atoms with E-state index in [2.05, 4.69) is 18.7 Å². The Labute approximate surface area is 103 Å². The van der Waals surface area contributed by atoms with E-state index in [-0.39, 0.29) is 0 Å². The summed E-state index contributed by atoms with van der Waals surface area (Å²) in [5.41, 5.74) is -0.656. The summed E-state index contributed by atoms with van der Waals surface area (Å²) in [5.74, 6) is 0.653. The van der Waals surface area contributed by atoms with Crippen molar-refractivity contribution in [3.8, 4) is 0 Å². The van der Waals surface area contributed by atoms with Crippen molar-refractivity contribution in [2.45, 2.75) is 26.7 Å². The van der Waals surface area contributed by atoms with Crippen LogP contribution in [-0.2, 0) is 9.53 Å². The number of carbonyl (C=O) groups is 1. The van der Waals surface area contributed by atoms with E-state index in [9.17, 15) is 9.90 Å². The molecule has 0 spiro atoms. The van der Waals surface area contributed by atoms with Gasteiger partial charge in [0.05, 0.1) is 6.61 Å². The number of ether oxygens (including phenoxy) is 1. The van der Waals surface area contributed by atoms with Gasteiger partial charge in [0.15, 0.2) is 0 Å².